The number of hydrogen-bond acceptors (Lipinski definition) is 2. The highest BCUT2D eigenvalue weighted by molar-refractivity contribution is 4.79. The lowest BCUT2D eigenvalue weighted by atomic mass is 9.84. The molecule has 0 aromatic heterocycles. The number of methoxy groups -OCH3 is 1. The average molecular weight is 187 g/mol. The van der Waals surface area contributed by atoms with Crippen LogP contribution < -0.4 is 5.32 Å². The predicted octanol–water partition coefficient (Wildman–Crippen LogP) is 2.44. The van der Waals surface area contributed by atoms with Crippen LogP contribution in [0.5, 0.6) is 0 Å². The van der Waals surface area contributed by atoms with E-state index in [1.165, 1.54) is 6.42 Å². The maximum absolute atomic E-state index is 5.06. The van der Waals surface area contributed by atoms with Crippen LogP contribution in [0.1, 0.15) is 40.5 Å². The molecule has 0 bridgehead atoms. The average Bonchev–Trinajstić information content (AvgIpc) is 2.01. The van der Waals surface area contributed by atoms with Gasteiger partial charge < -0.3 is 10.1 Å². The van der Waals surface area contributed by atoms with Crippen LogP contribution in [0.2, 0.25) is 0 Å². The van der Waals surface area contributed by atoms with Crippen LogP contribution in [0, 0.1) is 5.41 Å². The molecule has 0 aromatic rings. The van der Waals surface area contributed by atoms with E-state index in [9.17, 15) is 0 Å². The summed E-state index contributed by atoms with van der Waals surface area (Å²) in [5, 5.41) is 3.53. The number of rotatable bonds is 6. The fraction of sp³-hybridized carbons (Fsp3) is 1.00. The first-order valence-electron chi connectivity index (χ1n) is 5.24. The Bertz CT molecular complexity index is 118. The van der Waals surface area contributed by atoms with E-state index in [2.05, 4.69) is 33.0 Å². The summed E-state index contributed by atoms with van der Waals surface area (Å²) in [7, 11) is 1.76. The summed E-state index contributed by atoms with van der Waals surface area (Å²) in [5.41, 5.74) is 0.351. The van der Waals surface area contributed by atoms with Gasteiger partial charge in [-0.1, -0.05) is 27.7 Å². The first kappa shape index (κ1) is 12.9. The van der Waals surface area contributed by atoms with Crippen molar-refractivity contribution in [2.24, 2.45) is 5.41 Å². The first-order chi connectivity index (χ1) is 6.02. The lowest BCUT2D eigenvalue weighted by Crippen LogP contribution is -2.40. The molecule has 0 amide bonds. The summed E-state index contributed by atoms with van der Waals surface area (Å²) < 4.78 is 5.06. The molecule has 1 atom stereocenters. The van der Waals surface area contributed by atoms with Gasteiger partial charge >= 0.3 is 0 Å². The van der Waals surface area contributed by atoms with Crippen molar-refractivity contribution in [3.05, 3.63) is 0 Å². The molecule has 0 aliphatic rings. The maximum Gasteiger partial charge on any atom is 0.0462 e. The van der Waals surface area contributed by atoms with Crippen molar-refractivity contribution in [1.29, 1.82) is 0 Å². The highest BCUT2D eigenvalue weighted by atomic mass is 16.5. The number of nitrogens with one attached hydrogen (secondary N) is 1. The summed E-state index contributed by atoms with van der Waals surface area (Å²) in [5.74, 6) is 0. The Morgan fingerprint density at radius 3 is 2.31 bits per heavy atom. The molecule has 0 rings (SSSR count). The molecule has 1 unspecified atom stereocenters. The van der Waals surface area contributed by atoms with Gasteiger partial charge in [-0.15, -0.1) is 0 Å². The Morgan fingerprint density at radius 1 is 1.31 bits per heavy atom. The van der Waals surface area contributed by atoms with Gasteiger partial charge in [-0.3, -0.25) is 0 Å². The summed E-state index contributed by atoms with van der Waals surface area (Å²) in [6.45, 7) is 10.9. The van der Waals surface area contributed by atoms with Crippen LogP contribution in [0.25, 0.3) is 0 Å². The van der Waals surface area contributed by atoms with Gasteiger partial charge in [0.05, 0.1) is 0 Å². The second-order valence-electron chi connectivity index (χ2n) is 4.61. The molecular formula is C11H25NO. The molecule has 2 nitrogen and oxygen atoms in total. The minimum absolute atomic E-state index is 0.351. The van der Waals surface area contributed by atoms with E-state index < -0.39 is 0 Å². The van der Waals surface area contributed by atoms with Gasteiger partial charge in [0.25, 0.3) is 0 Å². The molecule has 0 radical (unpaired) electrons. The highest BCUT2D eigenvalue weighted by Crippen LogP contribution is 2.22. The fourth-order valence-electron chi connectivity index (χ4n) is 1.52. The molecule has 0 saturated carbocycles. The Kier molecular flexibility index (Phi) is 6.35. The van der Waals surface area contributed by atoms with Gasteiger partial charge in [-0.25, -0.2) is 0 Å². The lowest BCUT2D eigenvalue weighted by Gasteiger charge is -2.31. The SMILES string of the molecule is CCNC(CCCOC)C(C)(C)C. The van der Waals surface area contributed by atoms with E-state index in [-0.39, 0.29) is 0 Å². The van der Waals surface area contributed by atoms with Gasteiger partial charge in [0, 0.05) is 19.8 Å². The highest BCUT2D eigenvalue weighted by Gasteiger charge is 2.22. The number of ether oxygens (including phenoxy) is 1. The minimum Gasteiger partial charge on any atom is -0.385 e. The van der Waals surface area contributed by atoms with Crippen molar-refractivity contribution in [2.75, 3.05) is 20.3 Å². The fourth-order valence-corrected chi connectivity index (χ4v) is 1.52. The van der Waals surface area contributed by atoms with Crippen LogP contribution in [-0.4, -0.2) is 26.3 Å². The summed E-state index contributed by atoms with van der Waals surface area (Å²) in [4.78, 5) is 0. The summed E-state index contributed by atoms with van der Waals surface area (Å²) >= 11 is 0. The van der Waals surface area contributed by atoms with E-state index >= 15 is 0 Å². The van der Waals surface area contributed by atoms with E-state index in [1.54, 1.807) is 7.11 Å². The van der Waals surface area contributed by atoms with Crippen LogP contribution in [0.3, 0.4) is 0 Å². The minimum atomic E-state index is 0.351. The van der Waals surface area contributed by atoms with Crippen LogP contribution in [0.15, 0.2) is 0 Å². The molecule has 0 aromatic carbocycles. The molecule has 13 heavy (non-hydrogen) atoms. The second kappa shape index (κ2) is 6.39. The summed E-state index contributed by atoms with van der Waals surface area (Å²) in [6.07, 6.45) is 2.34. The van der Waals surface area contributed by atoms with Crippen LogP contribution in [0.4, 0.5) is 0 Å². The zero-order valence-electron chi connectivity index (χ0n) is 9.81. The third-order valence-electron chi connectivity index (χ3n) is 2.34. The van der Waals surface area contributed by atoms with Crippen molar-refractivity contribution in [3.63, 3.8) is 0 Å². The topological polar surface area (TPSA) is 21.3 Å². The molecular weight excluding hydrogens is 162 g/mol. The van der Waals surface area contributed by atoms with Crippen LogP contribution >= 0.6 is 0 Å². The molecule has 0 fully saturated rings. The molecule has 80 valence electrons. The van der Waals surface area contributed by atoms with E-state index in [0.29, 0.717) is 11.5 Å². The quantitative estimate of drug-likeness (QED) is 0.645. The predicted molar refractivity (Wildman–Crippen MR) is 58.0 cm³/mol. The molecule has 2 heteroatoms. The van der Waals surface area contributed by atoms with Crippen molar-refractivity contribution < 1.29 is 4.74 Å². The van der Waals surface area contributed by atoms with E-state index in [1.807, 2.05) is 0 Å². The normalized spacial score (nSPS) is 14.5. The smallest absolute Gasteiger partial charge is 0.0462 e. The maximum atomic E-state index is 5.06. The van der Waals surface area contributed by atoms with Gasteiger partial charge in [0.1, 0.15) is 0 Å². The Balaban J connectivity index is 3.81. The zero-order valence-corrected chi connectivity index (χ0v) is 9.81. The van der Waals surface area contributed by atoms with Gasteiger partial charge in [-0.2, -0.15) is 0 Å². The second-order valence-corrected chi connectivity index (χ2v) is 4.61. The molecule has 0 spiro atoms. The molecule has 1 N–H and O–H groups in total. The Labute approximate surface area is 83.1 Å². The molecule has 0 heterocycles. The first-order valence-corrected chi connectivity index (χ1v) is 5.24. The molecule has 0 saturated heterocycles. The van der Waals surface area contributed by atoms with Gasteiger partial charge in [-0.05, 0) is 24.8 Å². The van der Waals surface area contributed by atoms with Crippen molar-refractivity contribution in [2.45, 2.75) is 46.6 Å². The van der Waals surface area contributed by atoms with Gasteiger partial charge in [0.2, 0.25) is 0 Å². The van der Waals surface area contributed by atoms with Crippen molar-refractivity contribution >= 4 is 0 Å². The largest absolute Gasteiger partial charge is 0.385 e. The zero-order chi connectivity index (χ0) is 10.3. The van der Waals surface area contributed by atoms with Crippen molar-refractivity contribution in [3.8, 4) is 0 Å². The Morgan fingerprint density at radius 2 is 1.92 bits per heavy atom. The standard InChI is InChI=1S/C11H25NO/c1-6-12-10(11(2,3)4)8-7-9-13-5/h10,12H,6-9H2,1-5H3. The van der Waals surface area contributed by atoms with Gasteiger partial charge in [0.15, 0.2) is 0 Å². The molecule has 0 aliphatic heterocycles. The lowest BCUT2D eigenvalue weighted by molar-refractivity contribution is 0.174. The third-order valence-corrected chi connectivity index (χ3v) is 2.34. The monoisotopic (exact) mass is 187 g/mol. The Hall–Kier alpha value is -0.0800. The van der Waals surface area contributed by atoms with Crippen molar-refractivity contribution in [1.82, 2.24) is 5.32 Å². The van der Waals surface area contributed by atoms with E-state index in [0.717, 1.165) is 19.6 Å². The summed E-state index contributed by atoms with van der Waals surface area (Å²) in [6, 6.07) is 0.604. The molecule has 0 aliphatic carbocycles. The number of hydrogen-bond donors (Lipinski definition) is 1. The van der Waals surface area contributed by atoms with E-state index in [4.69, 9.17) is 4.74 Å². The third kappa shape index (κ3) is 6.05. The van der Waals surface area contributed by atoms with Crippen LogP contribution in [-0.2, 0) is 4.74 Å².